The van der Waals surface area contributed by atoms with E-state index in [9.17, 15) is 9.59 Å². The van der Waals surface area contributed by atoms with Crippen LogP contribution in [-0.2, 0) is 11.3 Å². The molecule has 0 saturated heterocycles. The van der Waals surface area contributed by atoms with E-state index in [0.717, 1.165) is 29.7 Å². The lowest BCUT2D eigenvalue weighted by atomic mass is 9.88. The monoisotopic (exact) mass is 365 g/mol. The predicted molar refractivity (Wildman–Crippen MR) is 103 cm³/mol. The molecule has 0 aliphatic heterocycles. The molecule has 0 atom stereocenters. The predicted octanol–water partition coefficient (Wildman–Crippen LogP) is 3.15. The van der Waals surface area contributed by atoms with Crippen LogP contribution in [0, 0.1) is 0 Å². The van der Waals surface area contributed by atoms with Crippen LogP contribution in [0.2, 0.25) is 0 Å². The van der Waals surface area contributed by atoms with E-state index in [2.05, 4.69) is 10.3 Å². The first kappa shape index (κ1) is 17.3. The van der Waals surface area contributed by atoms with Crippen LogP contribution in [0.3, 0.4) is 0 Å². The van der Waals surface area contributed by atoms with Crippen LogP contribution in [0.15, 0.2) is 36.5 Å². The number of fused-ring (bicyclic) bond motifs is 1. The molecule has 2 heterocycles. The number of carbonyl (C=O) groups excluding carboxylic acids is 2. The first-order valence-corrected chi connectivity index (χ1v) is 9.35. The first-order valence-electron chi connectivity index (χ1n) is 9.35. The molecule has 0 radical (unpaired) electrons. The van der Waals surface area contributed by atoms with Gasteiger partial charge < -0.3 is 20.6 Å². The van der Waals surface area contributed by atoms with E-state index >= 15 is 0 Å². The number of nitrogens with one attached hydrogen (secondary N) is 2. The largest absolute Gasteiger partial charge is 0.364 e. The lowest BCUT2D eigenvalue weighted by Gasteiger charge is -2.22. The van der Waals surface area contributed by atoms with Gasteiger partial charge >= 0.3 is 0 Å². The lowest BCUT2D eigenvalue weighted by molar-refractivity contribution is -0.116. The number of aromatic nitrogens is 3. The minimum Gasteiger partial charge on any atom is -0.364 e. The van der Waals surface area contributed by atoms with Crippen molar-refractivity contribution >= 4 is 28.5 Å². The highest BCUT2D eigenvalue weighted by atomic mass is 16.2. The number of nitrogens with zero attached hydrogens (tertiary/aromatic N) is 2. The van der Waals surface area contributed by atoms with Gasteiger partial charge in [-0.25, -0.2) is 4.98 Å². The molecule has 4 N–H and O–H groups in total. The maximum Gasteiger partial charge on any atom is 0.265 e. The molecule has 1 fully saturated rings. The van der Waals surface area contributed by atoms with Crippen LogP contribution in [0.4, 0.5) is 5.69 Å². The summed E-state index contributed by atoms with van der Waals surface area (Å²) in [7, 11) is 0. The SMILES string of the molecule is NC(=O)c1cc(NC(=O)Cn2c(C3CCCCC3)nc3ccccc32)c[nH]1. The minimum atomic E-state index is -0.560. The summed E-state index contributed by atoms with van der Waals surface area (Å²) in [5, 5.41) is 2.82. The van der Waals surface area contributed by atoms with Gasteiger partial charge in [0.25, 0.3) is 5.91 Å². The highest BCUT2D eigenvalue weighted by molar-refractivity contribution is 5.95. The summed E-state index contributed by atoms with van der Waals surface area (Å²) < 4.78 is 2.03. The van der Waals surface area contributed by atoms with Crippen molar-refractivity contribution in [3.8, 4) is 0 Å². The number of benzene rings is 1. The van der Waals surface area contributed by atoms with E-state index in [4.69, 9.17) is 10.7 Å². The first-order chi connectivity index (χ1) is 13.1. The van der Waals surface area contributed by atoms with E-state index in [1.54, 1.807) is 6.20 Å². The molecule has 7 heteroatoms. The van der Waals surface area contributed by atoms with Crippen LogP contribution >= 0.6 is 0 Å². The van der Waals surface area contributed by atoms with Crippen LogP contribution in [-0.4, -0.2) is 26.3 Å². The van der Waals surface area contributed by atoms with E-state index in [0.29, 0.717) is 11.6 Å². The quantitative estimate of drug-likeness (QED) is 0.646. The number of H-pyrrole nitrogens is 1. The summed E-state index contributed by atoms with van der Waals surface area (Å²) in [6, 6.07) is 9.46. The number of rotatable bonds is 5. The second kappa shape index (κ2) is 7.26. The Morgan fingerprint density at radius 1 is 1.22 bits per heavy atom. The topological polar surface area (TPSA) is 106 Å². The summed E-state index contributed by atoms with van der Waals surface area (Å²) in [4.78, 5) is 31.4. The van der Waals surface area contributed by atoms with Crippen LogP contribution in [0.5, 0.6) is 0 Å². The van der Waals surface area contributed by atoms with Gasteiger partial charge in [0.1, 0.15) is 18.1 Å². The Hall–Kier alpha value is -3.09. The van der Waals surface area contributed by atoms with Crippen LogP contribution < -0.4 is 11.1 Å². The number of primary amides is 1. The van der Waals surface area contributed by atoms with Crippen molar-refractivity contribution in [1.82, 2.24) is 14.5 Å². The van der Waals surface area contributed by atoms with Crippen molar-refractivity contribution in [3.63, 3.8) is 0 Å². The molecule has 0 spiro atoms. The van der Waals surface area contributed by atoms with Gasteiger partial charge in [0.15, 0.2) is 0 Å². The van der Waals surface area contributed by atoms with Gasteiger partial charge in [-0.05, 0) is 31.0 Å². The summed E-state index contributed by atoms with van der Waals surface area (Å²) in [6.45, 7) is 0.184. The standard InChI is InChI=1S/C20H23N5O2/c21-19(27)16-10-14(11-22-16)23-18(26)12-25-17-9-5-4-8-15(17)24-20(25)13-6-2-1-3-7-13/h4-5,8-11,13,22H,1-3,6-7,12H2,(H2,21,27)(H,23,26). The fourth-order valence-electron chi connectivity index (χ4n) is 3.89. The number of amides is 2. The zero-order valence-corrected chi connectivity index (χ0v) is 15.1. The van der Waals surface area contributed by atoms with Gasteiger partial charge in [-0.2, -0.15) is 0 Å². The zero-order chi connectivity index (χ0) is 18.8. The molecule has 1 aromatic carbocycles. The van der Waals surface area contributed by atoms with Crippen molar-refractivity contribution in [2.24, 2.45) is 5.73 Å². The number of nitrogens with two attached hydrogens (primary N) is 1. The number of anilines is 1. The molecule has 2 aromatic heterocycles. The molecular weight excluding hydrogens is 342 g/mol. The van der Waals surface area contributed by atoms with Gasteiger partial charge in [-0.1, -0.05) is 31.4 Å². The fraction of sp³-hybridized carbons (Fsp3) is 0.350. The van der Waals surface area contributed by atoms with Gasteiger partial charge in [-0.15, -0.1) is 0 Å². The maximum absolute atomic E-state index is 12.6. The molecule has 2 amide bonds. The van der Waals surface area contributed by atoms with Gasteiger partial charge in [0.05, 0.1) is 16.7 Å². The molecule has 4 rings (SSSR count). The molecule has 0 unspecified atom stereocenters. The van der Waals surface area contributed by atoms with Crippen molar-refractivity contribution in [3.05, 3.63) is 48.0 Å². The maximum atomic E-state index is 12.6. The number of imidazole rings is 1. The zero-order valence-electron chi connectivity index (χ0n) is 15.1. The Kier molecular flexibility index (Phi) is 4.66. The van der Waals surface area contributed by atoms with Crippen molar-refractivity contribution < 1.29 is 9.59 Å². The van der Waals surface area contributed by atoms with Gasteiger partial charge in [0.2, 0.25) is 5.91 Å². The fourth-order valence-corrected chi connectivity index (χ4v) is 3.89. The minimum absolute atomic E-state index is 0.162. The summed E-state index contributed by atoms with van der Waals surface area (Å²) in [6.07, 6.45) is 7.48. The van der Waals surface area contributed by atoms with E-state index in [1.807, 2.05) is 28.8 Å². The number of para-hydroxylation sites is 2. The van der Waals surface area contributed by atoms with Crippen molar-refractivity contribution in [2.45, 2.75) is 44.6 Å². The van der Waals surface area contributed by atoms with Crippen molar-refractivity contribution in [2.75, 3.05) is 5.32 Å². The van der Waals surface area contributed by atoms with E-state index in [-0.39, 0.29) is 18.1 Å². The summed E-state index contributed by atoms with van der Waals surface area (Å²) in [5.74, 6) is 0.673. The molecular formula is C20H23N5O2. The number of hydrogen-bond donors (Lipinski definition) is 3. The third-order valence-electron chi connectivity index (χ3n) is 5.19. The number of carbonyl (C=O) groups is 2. The summed E-state index contributed by atoms with van der Waals surface area (Å²) >= 11 is 0. The average molecular weight is 365 g/mol. The second-order valence-electron chi connectivity index (χ2n) is 7.09. The summed E-state index contributed by atoms with van der Waals surface area (Å²) in [5.41, 5.74) is 7.92. The highest BCUT2D eigenvalue weighted by Crippen LogP contribution is 2.33. The van der Waals surface area contributed by atoms with E-state index < -0.39 is 5.91 Å². The molecule has 1 aliphatic rings. The molecule has 140 valence electrons. The lowest BCUT2D eigenvalue weighted by Crippen LogP contribution is -2.21. The number of aromatic amines is 1. The smallest absolute Gasteiger partial charge is 0.265 e. The second-order valence-corrected chi connectivity index (χ2v) is 7.09. The van der Waals surface area contributed by atoms with Crippen molar-refractivity contribution in [1.29, 1.82) is 0 Å². The Balaban J connectivity index is 1.59. The molecule has 1 aliphatic carbocycles. The van der Waals surface area contributed by atoms with E-state index in [1.165, 1.54) is 25.3 Å². The molecule has 0 bridgehead atoms. The molecule has 1 saturated carbocycles. The highest BCUT2D eigenvalue weighted by Gasteiger charge is 2.23. The number of hydrogen-bond acceptors (Lipinski definition) is 3. The average Bonchev–Trinajstić information content (AvgIpc) is 3.28. The van der Waals surface area contributed by atoms with Gasteiger partial charge in [-0.3, -0.25) is 9.59 Å². The molecule has 3 aromatic rings. The van der Waals surface area contributed by atoms with Gasteiger partial charge in [0, 0.05) is 12.1 Å². The third kappa shape index (κ3) is 3.58. The Bertz CT molecular complexity index is 981. The molecule has 27 heavy (non-hydrogen) atoms. The van der Waals surface area contributed by atoms with Crippen LogP contribution in [0.1, 0.15) is 54.3 Å². The van der Waals surface area contributed by atoms with Crippen LogP contribution in [0.25, 0.3) is 11.0 Å². The third-order valence-corrected chi connectivity index (χ3v) is 5.19. The Labute approximate surface area is 157 Å². The molecule has 7 nitrogen and oxygen atoms in total. The Morgan fingerprint density at radius 2 is 2.00 bits per heavy atom. The Morgan fingerprint density at radius 3 is 2.74 bits per heavy atom. The normalized spacial score (nSPS) is 15.1.